The zero-order chi connectivity index (χ0) is 16.8. The lowest BCUT2D eigenvalue weighted by Crippen LogP contribution is -2.46. The van der Waals surface area contributed by atoms with Gasteiger partial charge in [0.15, 0.2) is 0 Å². The Balaban J connectivity index is 2.07. The van der Waals surface area contributed by atoms with Crippen molar-refractivity contribution in [3.05, 3.63) is 33.9 Å². The highest BCUT2D eigenvalue weighted by atomic mass is 16.6. The minimum atomic E-state index is -0.373. The van der Waals surface area contributed by atoms with Gasteiger partial charge in [0.25, 0.3) is 5.69 Å². The first-order chi connectivity index (χ1) is 11.0. The van der Waals surface area contributed by atoms with Crippen molar-refractivity contribution in [3.63, 3.8) is 0 Å². The van der Waals surface area contributed by atoms with Crippen LogP contribution >= 0.6 is 0 Å². The molecular formula is C16H25N3O4. The molecule has 7 heteroatoms. The predicted molar refractivity (Wildman–Crippen MR) is 87.7 cm³/mol. The average molecular weight is 323 g/mol. The molecule has 1 fully saturated rings. The van der Waals surface area contributed by atoms with Crippen molar-refractivity contribution >= 4 is 5.69 Å². The van der Waals surface area contributed by atoms with Crippen LogP contribution in [0.25, 0.3) is 0 Å². The molecule has 0 amide bonds. The fourth-order valence-corrected chi connectivity index (χ4v) is 2.73. The number of ether oxygens (including phenoxy) is 1. The molecule has 1 aromatic carbocycles. The second kappa shape index (κ2) is 8.24. The molecule has 0 bridgehead atoms. The number of non-ortho nitro benzene ring substituents is 1. The minimum absolute atomic E-state index is 0.0246. The van der Waals surface area contributed by atoms with E-state index in [0.717, 1.165) is 31.7 Å². The molecule has 2 rings (SSSR count). The van der Waals surface area contributed by atoms with Crippen molar-refractivity contribution in [1.82, 2.24) is 9.80 Å². The number of rotatable bonds is 7. The first-order valence-electron chi connectivity index (χ1n) is 7.99. The van der Waals surface area contributed by atoms with Crippen LogP contribution in [0.1, 0.15) is 19.4 Å². The number of benzene rings is 1. The SMILES string of the molecule is CC(C)Oc1ccc([N+](=O)[O-])cc1CN1CCN(CCO)CC1. The van der Waals surface area contributed by atoms with E-state index in [1.165, 1.54) is 6.07 Å². The van der Waals surface area contributed by atoms with Gasteiger partial charge in [-0.05, 0) is 19.9 Å². The molecule has 0 unspecified atom stereocenters. The molecule has 1 aliphatic heterocycles. The molecular weight excluding hydrogens is 298 g/mol. The highest BCUT2D eigenvalue weighted by Gasteiger charge is 2.20. The van der Waals surface area contributed by atoms with E-state index >= 15 is 0 Å². The van der Waals surface area contributed by atoms with Gasteiger partial charge in [-0.2, -0.15) is 0 Å². The number of hydrogen-bond acceptors (Lipinski definition) is 6. The third-order valence-corrected chi connectivity index (χ3v) is 3.89. The van der Waals surface area contributed by atoms with Crippen LogP contribution < -0.4 is 4.74 Å². The van der Waals surface area contributed by atoms with E-state index in [1.54, 1.807) is 12.1 Å². The summed E-state index contributed by atoms with van der Waals surface area (Å²) in [6.45, 7) is 8.96. The van der Waals surface area contributed by atoms with E-state index in [0.29, 0.717) is 18.8 Å². The van der Waals surface area contributed by atoms with Crippen LogP contribution in [0, 0.1) is 10.1 Å². The number of aliphatic hydroxyl groups excluding tert-OH is 1. The largest absolute Gasteiger partial charge is 0.491 e. The molecule has 0 atom stereocenters. The van der Waals surface area contributed by atoms with Crippen LogP contribution in [-0.2, 0) is 6.54 Å². The molecule has 0 aromatic heterocycles. The fraction of sp³-hybridized carbons (Fsp3) is 0.625. The van der Waals surface area contributed by atoms with Gasteiger partial charge < -0.3 is 9.84 Å². The van der Waals surface area contributed by atoms with Gasteiger partial charge in [-0.1, -0.05) is 0 Å². The van der Waals surface area contributed by atoms with Gasteiger partial charge in [-0.15, -0.1) is 0 Å². The number of piperazine rings is 1. The molecule has 128 valence electrons. The van der Waals surface area contributed by atoms with Gasteiger partial charge in [0.05, 0.1) is 17.6 Å². The summed E-state index contributed by atoms with van der Waals surface area (Å²) in [6, 6.07) is 4.79. The Morgan fingerprint density at radius 1 is 1.26 bits per heavy atom. The summed E-state index contributed by atoms with van der Waals surface area (Å²) < 4.78 is 5.79. The lowest BCUT2D eigenvalue weighted by molar-refractivity contribution is -0.385. The van der Waals surface area contributed by atoms with Crippen LogP contribution in [0.4, 0.5) is 5.69 Å². The van der Waals surface area contributed by atoms with E-state index in [-0.39, 0.29) is 23.3 Å². The van der Waals surface area contributed by atoms with Gasteiger partial charge in [0.2, 0.25) is 0 Å². The molecule has 7 nitrogen and oxygen atoms in total. The standard InChI is InChI=1S/C16H25N3O4/c1-13(2)23-16-4-3-15(19(21)22)11-14(16)12-18-7-5-17(6-8-18)9-10-20/h3-4,11,13,20H,5-10,12H2,1-2H3. The van der Waals surface area contributed by atoms with Crippen LogP contribution in [-0.4, -0.2) is 65.3 Å². The normalized spacial score (nSPS) is 16.7. The third-order valence-electron chi connectivity index (χ3n) is 3.89. The van der Waals surface area contributed by atoms with Crippen molar-refractivity contribution in [1.29, 1.82) is 0 Å². The van der Waals surface area contributed by atoms with Gasteiger partial charge in [-0.3, -0.25) is 19.9 Å². The zero-order valence-corrected chi connectivity index (χ0v) is 13.8. The Hall–Kier alpha value is -1.70. The molecule has 23 heavy (non-hydrogen) atoms. The summed E-state index contributed by atoms with van der Waals surface area (Å²) in [4.78, 5) is 15.1. The molecule has 1 aliphatic rings. The van der Waals surface area contributed by atoms with Crippen molar-refractivity contribution in [2.45, 2.75) is 26.5 Å². The Kier molecular flexibility index (Phi) is 6.32. The summed E-state index contributed by atoms with van der Waals surface area (Å²) in [6.07, 6.45) is 0.0246. The second-order valence-corrected chi connectivity index (χ2v) is 6.06. The van der Waals surface area contributed by atoms with Gasteiger partial charge >= 0.3 is 0 Å². The molecule has 1 N–H and O–H groups in total. The van der Waals surface area contributed by atoms with Crippen molar-refractivity contribution < 1.29 is 14.8 Å². The Morgan fingerprint density at radius 2 is 1.91 bits per heavy atom. The summed E-state index contributed by atoms with van der Waals surface area (Å²) in [5.74, 6) is 0.711. The molecule has 0 spiro atoms. The van der Waals surface area contributed by atoms with Gasteiger partial charge in [0, 0.05) is 57.0 Å². The first-order valence-corrected chi connectivity index (χ1v) is 7.99. The molecule has 0 radical (unpaired) electrons. The van der Waals surface area contributed by atoms with E-state index in [4.69, 9.17) is 9.84 Å². The van der Waals surface area contributed by atoms with Crippen molar-refractivity contribution in [3.8, 4) is 5.75 Å². The van der Waals surface area contributed by atoms with E-state index in [9.17, 15) is 10.1 Å². The lowest BCUT2D eigenvalue weighted by atomic mass is 10.1. The van der Waals surface area contributed by atoms with Crippen molar-refractivity contribution in [2.24, 2.45) is 0 Å². The molecule has 1 saturated heterocycles. The van der Waals surface area contributed by atoms with Gasteiger partial charge in [-0.25, -0.2) is 0 Å². The Bertz CT molecular complexity index is 528. The smallest absolute Gasteiger partial charge is 0.270 e. The maximum Gasteiger partial charge on any atom is 0.270 e. The molecule has 0 aliphatic carbocycles. The quantitative estimate of drug-likeness (QED) is 0.605. The second-order valence-electron chi connectivity index (χ2n) is 6.06. The fourth-order valence-electron chi connectivity index (χ4n) is 2.73. The van der Waals surface area contributed by atoms with E-state index in [2.05, 4.69) is 9.80 Å². The minimum Gasteiger partial charge on any atom is -0.491 e. The maximum absolute atomic E-state index is 11.0. The molecule has 1 heterocycles. The first kappa shape index (κ1) is 17.7. The maximum atomic E-state index is 11.0. The number of hydrogen-bond donors (Lipinski definition) is 1. The summed E-state index contributed by atoms with van der Waals surface area (Å²) in [7, 11) is 0. The third kappa shape index (κ3) is 5.16. The number of nitro groups is 1. The van der Waals surface area contributed by atoms with Crippen LogP contribution in [0.3, 0.4) is 0 Å². The topological polar surface area (TPSA) is 79.1 Å². The highest BCUT2D eigenvalue weighted by molar-refractivity contribution is 5.44. The van der Waals surface area contributed by atoms with Crippen molar-refractivity contribution in [2.75, 3.05) is 39.3 Å². The summed E-state index contributed by atoms with van der Waals surface area (Å²) >= 11 is 0. The summed E-state index contributed by atoms with van der Waals surface area (Å²) in [5, 5.41) is 20.0. The lowest BCUT2D eigenvalue weighted by Gasteiger charge is -2.34. The van der Waals surface area contributed by atoms with Crippen LogP contribution in [0.2, 0.25) is 0 Å². The zero-order valence-electron chi connectivity index (χ0n) is 13.8. The van der Waals surface area contributed by atoms with E-state index in [1.807, 2.05) is 13.8 Å². The van der Waals surface area contributed by atoms with Gasteiger partial charge in [0.1, 0.15) is 5.75 Å². The highest BCUT2D eigenvalue weighted by Crippen LogP contribution is 2.26. The number of nitro benzene ring substituents is 1. The molecule has 1 aromatic rings. The number of aliphatic hydroxyl groups is 1. The Labute approximate surface area is 136 Å². The predicted octanol–water partition coefficient (Wildman–Crippen LogP) is 1.49. The van der Waals surface area contributed by atoms with Crippen LogP contribution in [0.15, 0.2) is 18.2 Å². The Morgan fingerprint density at radius 3 is 2.48 bits per heavy atom. The summed E-state index contributed by atoms with van der Waals surface area (Å²) in [5.41, 5.74) is 0.943. The van der Waals surface area contributed by atoms with E-state index < -0.39 is 0 Å². The number of nitrogens with zero attached hydrogens (tertiary/aromatic N) is 3. The molecule has 0 saturated carbocycles. The average Bonchev–Trinajstić information content (AvgIpc) is 2.50. The number of β-amino-alcohol motifs (C(OH)–C–C–N with tert-alkyl or cyclic N) is 1. The van der Waals surface area contributed by atoms with Crippen LogP contribution in [0.5, 0.6) is 5.75 Å². The monoisotopic (exact) mass is 323 g/mol.